The molecule has 6 nitrogen and oxygen atoms in total. The second kappa shape index (κ2) is 6.42. The lowest BCUT2D eigenvalue weighted by Gasteiger charge is -2.31. The first-order chi connectivity index (χ1) is 9.54. The lowest BCUT2D eigenvalue weighted by atomic mass is 10.0. The third-order valence-electron chi connectivity index (χ3n) is 3.25. The standard InChI is InChI=1S/C13H17FN4O2/c14-11-3-1-2-10(17-11)13(20)16-9-4-6-18(7-5-9)8-12(15)19/h1-3,9H,4-8H2,(H2,15,19)(H,16,20). The summed E-state index contributed by atoms with van der Waals surface area (Å²) in [5, 5.41) is 2.83. The number of halogens is 1. The van der Waals surface area contributed by atoms with E-state index < -0.39 is 5.95 Å². The van der Waals surface area contributed by atoms with Crippen molar-refractivity contribution in [1.82, 2.24) is 15.2 Å². The van der Waals surface area contributed by atoms with Crippen molar-refractivity contribution in [3.8, 4) is 0 Å². The molecule has 1 aliphatic rings. The van der Waals surface area contributed by atoms with Gasteiger partial charge in [-0.25, -0.2) is 4.98 Å². The summed E-state index contributed by atoms with van der Waals surface area (Å²) in [5.74, 6) is -1.40. The Hall–Kier alpha value is -2.02. The van der Waals surface area contributed by atoms with Crippen LogP contribution in [0.25, 0.3) is 0 Å². The van der Waals surface area contributed by atoms with Gasteiger partial charge in [-0.1, -0.05) is 6.07 Å². The van der Waals surface area contributed by atoms with E-state index in [0.717, 1.165) is 12.8 Å². The summed E-state index contributed by atoms with van der Waals surface area (Å²) < 4.78 is 12.9. The maximum absolute atomic E-state index is 12.9. The molecule has 2 rings (SSSR count). The van der Waals surface area contributed by atoms with E-state index in [4.69, 9.17) is 5.73 Å². The molecule has 1 aromatic heterocycles. The Bertz CT molecular complexity index is 501. The molecule has 1 aromatic rings. The Morgan fingerprint density at radius 2 is 2.10 bits per heavy atom. The van der Waals surface area contributed by atoms with Crippen LogP contribution in [0, 0.1) is 5.95 Å². The van der Waals surface area contributed by atoms with E-state index in [-0.39, 0.29) is 30.1 Å². The molecule has 0 aromatic carbocycles. The number of nitrogens with two attached hydrogens (primary N) is 1. The maximum Gasteiger partial charge on any atom is 0.270 e. The first-order valence-electron chi connectivity index (χ1n) is 6.48. The molecule has 0 spiro atoms. The molecule has 2 heterocycles. The zero-order valence-electron chi connectivity index (χ0n) is 11.0. The highest BCUT2D eigenvalue weighted by molar-refractivity contribution is 5.92. The predicted molar refractivity (Wildman–Crippen MR) is 70.3 cm³/mol. The van der Waals surface area contributed by atoms with Gasteiger partial charge in [0.2, 0.25) is 11.9 Å². The van der Waals surface area contributed by atoms with Gasteiger partial charge in [-0.15, -0.1) is 0 Å². The van der Waals surface area contributed by atoms with Gasteiger partial charge in [-0.05, 0) is 25.0 Å². The third-order valence-corrected chi connectivity index (χ3v) is 3.25. The molecule has 2 amide bonds. The minimum Gasteiger partial charge on any atom is -0.369 e. The largest absolute Gasteiger partial charge is 0.369 e. The summed E-state index contributed by atoms with van der Waals surface area (Å²) in [5.41, 5.74) is 5.21. The minimum atomic E-state index is -0.672. The van der Waals surface area contributed by atoms with Crippen molar-refractivity contribution < 1.29 is 14.0 Å². The smallest absolute Gasteiger partial charge is 0.270 e. The SMILES string of the molecule is NC(=O)CN1CCC(NC(=O)c2cccc(F)n2)CC1. The normalized spacial score (nSPS) is 16.9. The molecular weight excluding hydrogens is 263 g/mol. The van der Waals surface area contributed by atoms with Gasteiger partial charge in [0.25, 0.3) is 5.91 Å². The zero-order chi connectivity index (χ0) is 14.5. The van der Waals surface area contributed by atoms with E-state index in [1.807, 2.05) is 4.90 Å². The molecule has 0 saturated carbocycles. The number of primary amides is 1. The van der Waals surface area contributed by atoms with Crippen LogP contribution in [0.15, 0.2) is 18.2 Å². The number of nitrogens with one attached hydrogen (secondary N) is 1. The van der Waals surface area contributed by atoms with Crippen LogP contribution < -0.4 is 11.1 Å². The molecule has 20 heavy (non-hydrogen) atoms. The quantitative estimate of drug-likeness (QED) is 0.754. The molecule has 0 bridgehead atoms. The van der Waals surface area contributed by atoms with Crippen LogP contribution in [0.3, 0.4) is 0 Å². The Kier molecular flexibility index (Phi) is 4.62. The summed E-state index contributed by atoms with van der Waals surface area (Å²) in [7, 11) is 0. The topological polar surface area (TPSA) is 88.3 Å². The summed E-state index contributed by atoms with van der Waals surface area (Å²) in [6.07, 6.45) is 1.46. The van der Waals surface area contributed by atoms with Crippen molar-refractivity contribution >= 4 is 11.8 Å². The highest BCUT2D eigenvalue weighted by Gasteiger charge is 2.22. The first kappa shape index (κ1) is 14.4. The Morgan fingerprint density at radius 3 is 2.70 bits per heavy atom. The van der Waals surface area contributed by atoms with E-state index in [9.17, 15) is 14.0 Å². The van der Waals surface area contributed by atoms with Crippen LogP contribution in [0.4, 0.5) is 4.39 Å². The highest BCUT2D eigenvalue weighted by atomic mass is 19.1. The Balaban J connectivity index is 1.83. The number of aromatic nitrogens is 1. The summed E-state index contributed by atoms with van der Waals surface area (Å²) in [6, 6.07) is 4.13. The molecule has 0 radical (unpaired) electrons. The van der Waals surface area contributed by atoms with Gasteiger partial charge in [-0.2, -0.15) is 4.39 Å². The number of piperidine rings is 1. The van der Waals surface area contributed by atoms with Crippen molar-refractivity contribution in [2.45, 2.75) is 18.9 Å². The fourth-order valence-electron chi connectivity index (χ4n) is 2.25. The number of carbonyl (C=O) groups excluding carboxylic acids is 2. The average molecular weight is 280 g/mol. The van der Waals surface area contributed by atoms with Gasteiger partial charge in [-0.3, -0.25) is 14.5 Å². The number of nitrogens with zero attached hydrogens (tertiary/aromatic N) is 2. The van der Waals surface area contributed by atoms with Crippen molar-refractivity contribution in [2.75, 3.05) is 19.6 Å². The van der Waals surface area contributed by atoms with Crippen LogP contribution in [0.2, 0.25) is 0 Å². The van der Waals surface area contributed by atoms with Gasteiger partial charge in [0.05, 0.1) is 6.54 Å². The molecule has 1 fully saturated rings. The van der Waals surface area contributed by atoms with E-state index in [1.165, 1.54) is 18.2 Å². The van der Waals surface area contributed by atoms with Crippen molar-refractivity contribution in [2.24, 2.45) is 5.73 Å². The molecule has 7 heteroatoms. The monoisotopic (exact) mass is 280 g/mol. The summed E-state index contributed by atoms with van der Waals surface area (Å²) in [4.78, 5) is 28.2. The predicted octanol–water partition coefficient (Wildman–Crippen LogP) is -0.0998. The number of amides is 2. The van der Waals surface area contributed by atoms with Crippen LogP contribution in [0.5, 0.6) is 0 Å². The lowest BCUT2D eigenvalue weighted by Crippen LogP contribution is -2.46. The second-order valence-corrected chi connectivity index (χ2v) is 4.84. The molecule has 3 N–H and O–H groups in total. The lowest BCUT2D eigenvalue weighted by molar-refractivity contribution is -0.119. The van der Waals surface area contributed by atoms with E-state index in [1.54, 1.807) is 0 Å². The molecule has 0 atom stereocenters. The molecule has 0 aliphatic carbocycles. The number of hydrogen-bond donors (Lipinski definition) is 2. The van der Waals surface area contributed by atoms with Crippen molar-refractivity contribution in [3.05, 3.63) is 29.8 Å². The van der Waals surface area contributed by atoms with E-state index in [2.05, 4.69) is 10.3 Å². The van der Waals surface area contributed by atoms with E-state index >= 15 is 0 Å². The van der Waals surface area contributed by atoms with Crippen molar-refractivity contribution in [3.63, 3.8) is 0 Å². The van der Waals surface area contributed by atoms with Crippen LogP contribution >= 0.6 is 0 Å². The first-order valence-corrected chi connectivity index (χ1v) is 6.48. The van der Waals surface area contributed by atoms with Gasteiger partial charge >= 0.3 is 0 Å². The molecule has 1 aliphatic heterocycles. The molecule has 0 unspecified atom stereocenters. The second-order valence-electron chi connectivity index (χ2n) is 4.84. The average Bonchev–Trinajstić information content (AvgIpc) is 2.40. The molecule has 1 saturated heterocycles. The fraction of sp³-hybridized carbons (Fsp3) is 0.462. The highest BCUT2D eigenvalue weighted by Crippen LogP contribution is 2.10. The number of hydrogen-bond acceptors (Lipinski definition) is 4. The minimum absolute atomic E-state index is 0.0108. The number of carbonyl (C=O) groups is 2. The Morgan fingerprint density at radius 1 is 1.40 bits per heavy atom. The Labute approximate surface area is 116 Å². The van der Waals surface area contributed by atoms with Gasteiger partial charge in [0.1, 0.15) is 5.69 Å². The number of pyridine rings is 1. The van der Waals surface area contributed by atoms with Crippen LogP contribution in [0.1, 0.15) is 23.3 Å². The van der Waals surface area contributed by atoms with Gasteiger partial charge in [0, 0.05) is 19.1 Å². The third kappa shape index (κ3) is 3.99. The van der Waals surface area contributed by atoms with Gasteiger partial charge in [0.15, 0.2) is 0 Å². The van der Waals surface area contributed by atoms with Crippen LogP contribution in [-0.4, -0.2) is 47.4 Å². The molecular formula is C13H17FN4O2. The number of likely N-dealkylation sites (tertiary alicyclic amines) is 1. The molecule has 108 valence electrons. The van der Waals surface area contributed by atoms with Crippen molar-refractivity contribution in [1.29, 1.82) is 0 Å². The van der Waals surface area contributed by atoms with Crippen LogP contribution in [-0.2, 0) is 4.79 Å². The summed E-state index contributed by atoms with van der Waals surface area (Å²) >= 11 is 0. The fourth-order valence-corrected chi connectivity index (χ4v) is 2.25. The number of rotatable bonds is 4. The van der Waals surface area contributed by atoms with E-state index in [0.29, 0.717) is 13.1 Å². The van der Waals surface area contributed by atoms with Gasteiger partial charge < -0.3 is 11.1 Å². The zero-order valence-corrected chi connectivity index (χ0v) is 11.0. The summed E-state index contributed by atoms with van der Waals surface area (Å²) in [6.45, 7) is 1.64. The maximum atomic E-state index is 12.9.